The first-order valence-electron chi connectivity index (χ1n) is 7.12. The minimum absolute atomic E-state index is 0.623. The quantitative estimate of drug-likeness (QED) is 0.759. The average Bonchev–Trinajstić information content (AvgIpc) is 3.09. The van der Waals surface area contributed by atoms with Gasteiger partial charge in [0.1, 0.15) is 0 Å². The number of anilines is 1. The van der Waals surface area contributed by atoms with Gasteiger partial charge in [0.05, 0.1) is 17.9 Å². The van der Waals surface area contributed by atoms with Crippen LogP contribution in [-0.4, -0.2) is 27.5 Å². The zero-order valence-electron chi connectivity index (χ0n) is 12.1. The minimum Gasteiger partial charge on any atom is -0.349 e. The van der Waals surface area contributed by atoms with E-state index in [9.17, 15) is 0 Å². The van der Waals surface area contributed by atoms with Crippen molar-refractivity contribution in [3.63, 3.8) is 0 Å². The standard InChI is InChI=1S/C15H19N5S/c1-2-19(11-12-5-3-4-8-17-12)14-13(6-7-16)20-9-10-21-15(20)18-14/h3-5,8-10H,2,6-7,11,16H2,1H3. The highest BCUT2D eigenvalue weighted by Crippen LogP contribution is 2.26. The summed E-state index contributed by atoms with van der Waals surface area (Å²) >= 11 is 1.65. The normalized spacial score (nSPS) is 11.1. The van der Waals surface area contributed by atoms with E-state index in [1.165, 1.54) is 5.69 Å². The van der Waals surface area contributed by atoms with Gasteiger partial charge >= 0.3 is 0 Å². The maximum absolute atomic E-state index is 5.77. The third-order valence-electron chi connectivity index (χ3n) is 3.48. The molecule has 0 amide bonds. The molecule has 0 aliphatic carbocycles. The topological polar surface area (TPSA) is 59.5 Å². The molecule has 0 atom stereocenters. The summed E-state index contributed by atoms with van der Waals surface area (Å²) in [6.45, 7) is 4.42. The molecule has 0 radical (unpaired) electrons. The number of thiazole rings is 1. The number of nitrogens with two attached hydrogens (primary N) is 1. The fraction of sp³-hybridized carbons (Fsp3) is 0.333. The summed E-state index contributed by atoms with van der Waals surface area (Å²) < 4.78 is 2.15. The Balaban J connectivity index is 1.96. The third kappa shape index (κ3) is 2.77. The summed E-state index contributed by atoms with van der Waals surface area (Å²) in [5.74, 6) is 1.03. The smallest absolute Gasteiger partial charge is 0.195 e. The molecule has 3 aromatic rings. The molecule has 0 aliphatic heterocycles. The van der Waals surface area contributed by atoms with Crippen LogP contribution in [0.5, 0.6) is 0 Å². The van der Waals surface area contributed by atoms with Crippen molar-refractivity contribution in [1.29, 1.82) is 0 Å². The second-order valence-corrected chi connectivity index (χ2v) is 5.68. The molecule has 0 saturated carbocycles. The van der Waals surface area contributed by atoms with Crippen molar-refractivity contribution in [3.05, 3.63) is 47.4 Å². The SMILES string of the molecule is CCN(Cc1ccccn1)c1nc2sccn2c1CCN. The Morgan fingerprint density at radius 3 is 3.00 bits per heavy atom. The van der Waals surface area contributed by atoms with E-state index in [0.717, 1.165) is 36.0 Å². The first-order chi connectivity index (χ1) is 10.3. The Morgan fingerprint density at radius 1 is 1.38 bits per heavy atom. The summed E-state index contributed by atoms with van der Waals surface area (Å²) in [5, 5.41) is 2.06. The third-order valence-corrected chi connectivity index (χ3v) is 4.24. The molecule has 0 unspecified atom stereocenters. The van der Waals surface area contributed by atoms with Crippen molar-refractivity contribution in [1.82, 2.24) is 14.4 Å². The summed E-state index contributed by atoms with van der Waals surface area (Å²) in [6.07, 6.45) is 4.72. The van der Waals surface area contributed by atoms with Crippen LogP contribution in [0.15, 0.2) is 36.0 Å². The number of nitrogens with zero attached hydrogens (tertiary/aromatic N) is 4. The Bertz CT molecular complexity index is 703. The number of hydrogen-bond donors (Lipinski definition) is 1. The van der Waals surface area contributed by atoms with Crippen LogP contribution >= 0.6 is 11.3 Å². The number of hydrogen-bond acceptors (Lipinski definition) is 5. The lowest BCUT2D eigenvalue weighted by Gasteiger charge is -2.21. The monoisotopic (exact) mass is 301 g/mol. The highest BCUT2D eigenvalue weighted by Gasteiger charge is 2.18. The van der Waals surface area contributed by atoms with E-state index in [1.807, 2.05) is 24.4 Å². The van der Waals surface area contributed by atoms with Gasteiger partial charge in [0.15, 0.2) is 10.8 Å². The largest absolute Gasteiger partial charge is 0.349 e. The van der Waals surface area contributed by atoms with Gasteiger partial charge in [0, 0.05) is 30.7 Å². The van der Waals surface area contributed by atoms with Gasteiger partial charge in [-0.05, 0) is 25.6 Å². The highest BCUT2D eigenvalue weighted by atomic mass is 32.1. The van der Waals surface area contributed by atoms with Crippen LogP contribution < -0.4 is 10.6 Å². The van der Waals surface area contributed by atoms with Crippen molar-refractivity contribution in [2.24, 2.45) is 5.73 Å². The molecule has 0 aliphatic rings. The first kappa shape index (κ1) is 14.0. The van der Waals surface area contributed by atoms with Crippen LogP contribution in [0, 0.1) is 0 Å². The van der Waals surface area contributed by atoms with Crippen LogP contribution in [0.4, 0.5) is 5.82 Å². The summed E-state index contributed by atoms with van der Waals surface area (Å²) in [5.41, 5.74) is 8.01. The van der Waals surface area contributed by atoms with E-state index < -0.39 is 0 Å². The van der Waals surface area contributed by atoms with Crippen molar-refractivity contribution >= 4 is 22.1 Å². The maximum atomic E-state index is 5.77. The van der Waals surface area contributed by atoms with Gasteiger partial charge in [-0.25, -0.2) is 4.98 Å². The molecular weight excluding hydrogens is 282 g/mol. The molecule has 6 heteroatoms. The predicted molar refractivity (Wildman–Crippen MR) is 86.8 cm³/mol. The maximum Gasteiger partial charge on any atom is 0.195 e. The lowest BCUT2D eigenvalue weighted by molar-refractivity contribution is 0.782. The second-order valence-electron chi connectivity index (χ2n) is 4.81. The molecular formula is C15H19N5S. The molecule has 0 aromatic carbocycles. The fourth-order valence-corrected chi connectivity index (χ4v) is 3.20. The Hall–Kier alpha value is -1.92. The van der Waals surface area contributed by atoms with Crippen LogP contribution in [0.3, 0.4) is 0 Å². The zero-order valence-corrected chi connectivity index (χ0v) is 12.9. The molecule has 0 saturated heterocycles. The van der Waals surface area contributed by atoms with Crippen molar-refractivity contribution in [2.45, 2.75) is 19.9 Å². The summed E-state index contributed by atoms with van der Waals surface area (Å²) in [6, 6.07) is 6.00. The van der Waals surface area contributed by atoms with E-state index >= 15 is 0 Å². The zero-order chi connectivity index (χ0) is 14.7. The molecule has 2 N–H and O–H groups in total. The van der Waals surface area contributed by atoms with Crippen molar-refractivity contribution < 1.29 is 0 Å². The number of imidazole rings is 1. The molecule has 5 nitrogen and oxygen atoms in total. The molecule has 0 bridgehead atoms. The van der Waals surface area contributed by atoms with Gasteiger partial charge in [0.25, 0.3) is 0 Å². The molecule has 0 spiro atoms. The number of pyridine rings is 1. The Kier molecular flexibility index (Phi) is 4.17. The van der Waals surface area contributed by atoms with Crippen LogP contribution in [0.25, 0.3) is 4.96 Å². The lowest BCUT2D eigenvalue weighted by Crippen LogP contribution is -2.24. The fourth-order valence-electron chi connectivity index (χ4n) is 2.47. The van der Waals surface area contributed by atoms with Gasteiger partial charge < -0.3 is 10.6 Å². The van der Waals surface area contributed by atoms with E-state index in [2.05, 4.69) is 32.8 Å². The highest BCUT2D eigenvalue weighted by molar-refractivity contribution is 7.15. The van der Waals surface area contributed by atoms with E-state index in [0.29, 0.717) is 6.54 Å². The van der Waals surface area contributed by atoms with E-state index in [4.69, 9.17) is 10.7 Å². The van der Waals surface area contributed by atoms with Crippen molar-refractivity contribution in [3.8, 4) is 0 Å². The number of fused-ring (bicyclic) bond motifs is 1. The van der Waals surface area contributed by atoms with Gasteiger partial charge in [-0.3, -0.25) is 9.38 Å². The predicted octanol–water partition coefficient (Wildman–Crippen LogP) is 2.32. The second kappa shape index (κ2) is 6.24. The molecule has 3 aromatic heterocycles. The molecule has 3 rings (SSSR count). The van der Waals surface area contributed by atoms with Crippen LogP contribution in [0.2, 0.25) is 0 Å². The van der Waals surface area contributed by atoms with E-state index in [1.54, 1.807) is 11.3 Å². The molecule has 110 valence electrons. The van der Waals surface area contributed by atoms with Crippen LogP contribution in [-0.2, 0) is 13.0 Å². The van der Waals surface area contributed by atoms with Gasteiger partial charge in [0.2, 0.25) is 0 Å². The Morgan fingerprint density at radius 2 is 2.29 bits per heavy atom. The first-order valence-corrected chi connectivity index (χ1v) is 8.00. The van der Waals surface area contributed by atoms with Gasteiger partial charge in [-0.15, -0.1) is 11.3 Å². The lowest BCUT2D eigenvalue weighted by atomic mass is 10.2. The molecule has 0 fully saturated rings. The number of rotatable bonds is 6. The van der Waals surface area contributed by atoms with Gasteiger partial charge in [-0.2, -0.15) is 0 Å². The Labute approximate surface area is 128 Å². The summed E-state index contributed by atoms with van der Waals surface area (Å²) in [7, 11) is 0. The van der Waals surface area contributed by atoms with Crippen LogP contribution in [0.1, 0.15) is 18.3 Å². The van der Waals surface area contributed by atoms with Crippen molar-refractivity contribution in [2.75, 3.05) is 18.0 Å². The number of aromatic nitrogens is 3. The average molecular weight is 301 g/mol. The summed E-state index contributed by atoms with van der Waals surface area (Å²) in [4.78, 5) is 12.5. The minimum atomic E-state index is 0.623. The van der Waals surface area contributed by atoms with Gasteiger partial charge in [-0.1, -0.05) is 6.07 Å². The van der Waals surface area contributed by atoms with E-state index in [-0.39, 0.29) is 0 Å². The molecule has 3 heterocycles. The molecule has 21 heavy (non-hydrogen) atoms.